The number of carbonyl (C=O) groups is 1. The van der Waals surface area contributed by atoms with E-state index in [4.69, 9.17) is 16.3 Å². The first-order valence-corrected chi connectivity index (χ1v) is 14.3. The number of halogens is 1. The van der Waals surface area contributed by atoms with Gasteiger partial charge in [0.05, 0.1) is 42.7 Å². The van der Waals surface area contributed by atoms with E-state index in [0.717, 1.165) is 31.2 Å². The Hall–Kier alpha value is -4.47. The average Bonchev–Trinajstić information content (AvgIpc) is 3.28. The third-order valence-electron chi connectivity index (χ3n) is 7.67. The van der Waals surface area contributed by atoms with Crippen molar-refractivity contribution in [1.29, 1.82) is 5.26 Å². The molecule has 3 aromatic heterocycles. The quantitative estimate of drug-likeness (QED) is 0.276. The number of nitrogens with one attached hydrogen (secondary N) is 3. The van der Waals surface area contributed by atoms with Gasteiger partial charge in [-0.1, -0.05) is 41.9 Å². The Kier molecular flexibility index (Phi) is 8.03. The van der Waals surface area contributed by atoms with E-state index in [1.807, 2.05) is 36.4 Å². The van der Waals surface area contributed by atoms with Crippen LogP contribution in [0.25, 0.3) is 11.0 Å². The molecule has 2 fully saturated rings. The Morgan fingerprint density at radius 2 is 1.90 bits per heavy atom. The molecule has 0 spiro atoms. The first-order valence-electron chi connectivity index (χ1n) is 14.0. The molecular formula is C29H31ClN10O2. The number of aromatic nitrogens is 5. The molecule has 6 rings (SSSR count). The van der Waals surface area contributed by atoms with Crippen LogP contribution in [0.15, 0.2) is 48.8 Å². The van der Waals surface area contributed by atoms with Crippen LogP contribution in [0, 0.1) is 11.3 Å². The molecule has 1 saturated carbocycles. The average molecular weight is 587 g/mol. The SMILES string of the molecule is Cn1nc2ncc(N(C(=O)NCc3ccccc3)C3CCC(Nc4ncc(C#N)c(NC5COC5)n4)CC3)cc2c1Cl. The van der Waals surface area contributed by atoms with Crippen LogP contribution < -0.4 is 20.9 Å². The maximum atomic E-state index is 13.7. The van der Waals surface area contributed by atoms with Crippen LogP contribution in [0.1, 0.15) is 36.8 Å². The number of fused-ring (bicyclic) bond motifs is 1. The van der Waals surface area contributed by atoms with E-state index >= 15 is 0 Å². The van der Waals surface area contributed by atoms with E-state index in [2.05, 4.69) is 42.1 Å². The van der Waals surface area contributed by atoms with Crippen LogP contribution in [0.2, 0.25) is 5.15 Å². The van der Waals surface area contributed by atoms with Crippen LogP contribution in [0.4, 0.5) is 22.2 Å². The predicted molar refractivity (Wildman–Crippen MR) is 159 cm³/mol. The van der Waals surface area contributed by atoms with Gasteiger partial charge >= 0.3 is 6.03 Å². The van der Waals surface area contributed by atoms with E-state index in [0.29, 0.717) is 59.0 Å². The van der Waals surface area contributed by atoms with Gasteiger partial charge in [-0.15, -0.1) is 0 Å². The van der Waals surface area contributed by atoms with E-state index in [-0.39, 0.29) is 24.2 Å². The largest absolute Gasteiger partial charge is 0.377 e. The number of rotatable bonds is 8. The number of amides is 2. The van der Waals surface area contributed by atoms with Gasteiger partial charge in [-0.25, -0.2) is 14.8 Å². The van der Waals surface area contributed by atoms with E-state index < -0.39 is 0 Å². The summed E-state index contributed by atoms with van der Waals surface area (Å²) in [6, 6.07) is 13.9. The van der Waals surface area contributed by atoms with Crippen LogP contribution in [-0.4, -0.2) is 62.1 Å². The van der Waals surface area contributed by atoms with Gasteiger partial charge in [0.2, 0.25) is 5.95 Å². The Morgan fingerprint density at radius 1 is 1.12 bits per heavy atom. The number of aryl methyl sites for hydroxylation is 1. The minimum Gasteiger partial charge on any atom is -0.377 e. The normalized spacial score (nSPS) is 18.6. The number of hydrogen-bond acceptors (Lipinski definition) is 9. The van der Waals surface area contributed by atoms with Gasteiger partial charge in [-0.2, -0.15) is 15.3 Å². The molecule has 0 atom stereocenters. The van der Waals surface area contributed by atoms with Gasteiger partial charge in [0, 0.05) is 25.7 Å². The highest BCUT2D eigenvalue weighted by Crippen LogP contribution is 2.32. The van der Waals surface area contributed by atoms with Crippen molar-refractivity contribution in [3.63, 3.8) is 0 Å². The minimum atomic E-state index is -0.192. The molecule has 12 nitrogen and oxygen atoms in total. The fourth-order valence-corrected chi connectivity index (χ4v) is 5.52. The summed E-state index contributed by atoms with van der Waals surface area (Å²) in [6.45, 7) is 1.59. The van der Waals surface area contributed by atoms with E-state index in [9.17, 15) is 10.1 Å². The Morgan fingerprint density at radius 3 is 2.62 bits per heavy atom. The predicted octanol–water partition coefficient (Wildman–Crippen LogP) is 4.23. The highest BCUT2D eigenvalue weighted by Gasteiger charge is 2.31. The lowest BCUT2D eigenvalue weighted by atomic mass is 9.90. The first kappa shape index (κ1) is 27.7. The zero-order valence-corrected chi connectivity index (χ0v) is 23.9. The lowest BCUT2D eigenvalue weighted by molar-refractivity contribution is 0.0209. The van der Waals surface area contributed by atoms with Crippen molar-refractivity contribution in [2.24, 2.45) is 7.05 Å². The van der Waals surface area contributed by atoms with Crippen molar-refractivity contribution < 1.29 is 9.53 Å². The molecule has 4 aromatic rings. The molecule has 0 radical (unpaired) electrons. The summed E-state index contributed by atoms with van der Waals surface area (Å²) in [5.74, 6) is 0.980. The van der Waals surface area contributed by atoms with Crippen LogP contribution in [0.3, 0.4) is 0 Å². The number of urea groups is 1. The Labute approximate surface area is 248 Å². The molecule has 1 saturated heterocycles. The summed E-state index contributed by atoms with van der Waals surface area (Å²) in [4.78, 5) is 28.9. The molecule has 2 amide bonds. The minimum absolute atomic E-state index is 0.0498. The lowest BCUT2D eigenvalue weighted by Gasteiger charge is -2.37. The molecule has 0 bridgehead atoms. The van der Waals surface area contributed by atoms with Crippen LogP contribution >= 0.6 is 11.6 Å². The second-order valence-corrected chi connectivity index (χ2v) is 10.9. The smallest absolute Gasteiger partial charge is 0.322 e. The van der Waals surface area contributed by atoms with Crippen LogP contribution in [0.5, 0.6) is 0 Å². The summed E-state index contributed by atoms with van der Waals surface area (Å²) in [7, 11) is 1.76. The molecule has 1 aliphatic carbocycles. The maximum Gasteiger partial charge on any atom is 0.322 e. The lowest BCUT2D eigenvalue weighted by Crippen LogP contribution is -2.48. The molecule has 42 heavy (non-hydrogen) atoms. The summed E-state index contributed by atoms with van der Waals surface area (Å²) in [5.41, 5.74) is 2.62. The number of hydrogen-bond donors (Lipinski definition) is 3. The van der Waals surface area contributed by atoms with Gasteiger partial charge in [0.1, 0.15) is 22.6 Å². The molecule has 0 unspecified atom stereocenters. The van der Waals surface area contributed by atoms with Crippen molar-refractivity contribution >= 4 is 46.1 Å². The van der Waals surface area contributed by atoms with E-state index in [1.165, 1.54) is 6.20 Å². The first-order chi connectivity index (χ1) is 20.5. The third-order valence-corrected chi connectivity index (χ3v) is 8.12. The van der Waals surface area contributed by atoms with Crippen LogP contribution in [-0.2, 0) is 18.3 Å². The number of carbonyl (C=O) groups excluding carboxylic acids is 1. The number of anilines is 3. The number of nitriles is 1. The van der Waals surface area contributed by atoms with Crippen molar-refractivity contribution in [1.82, 2.24) is 30.0 Å². The zero-order valence-electron chi connectivity index (χ0n) is 23.1. The second kappa shape index (κ2) is 12.2. The van der Waals surface area contributed by atoms with Gasteiger partial charge in [-0.3, -0.25) is 9.58 Å². The van der Waals surface area contributed by atoms with Gasteiger partial charge < -0.3 is 20.7 Å². The molecule has 4 heterocycles. The van der Waals surface area contributed by atoms with Crippen molar-refractivity contribution in [2.75, 3.05) is 28.7 Å². The molecule has 216 valence electrons. The number of ether oxygens (including phenoxy) is 1. The summed E-state index contributed by atoms with van der Waals surface area (Å²) in [5, 5.41) is 24.7. The second-order valence-electron chi connectivity index (χ2n) is 10.6. The Bertz CT molecular complexity index is 1610. The van der Waals surface area contributed by atoms with Gasteiger partial charge in [0.25, 0.3) is 0 Å². The van der Waals surface area contributed by atoms with Crippen molar-refractivity contribution in [2.45, 2.75) is 50.4 Å². The van der Waals surface area contributed by atoms with Gasteiger partial charge in [0.15, 0.2) is 5.65 Å². The molecule has 3 N–H and O–H groups in total. The highest BCUT2D eigenvalue weighted by molar-refractivity contribution is 6.34. The highest BCUT2D eigenvalue weighted by atomic mass is 35.5. The Balaban J connectivity index is 1.17. The fraction of sp³-hybridized carbons (Fsp3) is 0.379. The number of benzene rings is 1. The molecule has 1 aromatic carbocycles. The molecule has 13 heteroatoms. The van der Waals surface area contributed by atoms with Crippen molar-refractivity contribution in [3.05, 3.63) is 65.1 Å². The number of pyridine rings is 1. The van der Waals surface area contributed by atoms with Gasteiger partial charge in [-0.05, 0) is 37.3 Å². The monoisotopic (exact) mass is 586 g/mol. The molecule has 2 aliphatic rings. The standard InChI is InChI=1S/C29H31ClN10O2/c1-39-25(30)24-11-23(15-32-27(24)38-39)40(29(41)34-13-18-5-3-2-4-6-18)22-9-7-20(8-10-22)36-28-33-14-19(12-31)26(37-28)35-21-16-42-17-21/h2-6,11,14-15,20-22H,7-10,13,16-17H2,1H3,(H,34,41)(H2,33,35,36,37). The third kappa shape index (κ3) is 5.93. The maximum absolute atomic E-state index is 13.7. The fourth-order valence-electron chi connectivity index (χ4n) is 5.34. The summed E-state index contributed by atoms with van der Waals surface area (Å²) < 4.78 is 6.80. The molecular weight excluding hydrogens is 556 g/mol. The molecule has 1 aliphatic heterocycles. The zero-order chi connectivity index (χ0) is 29.1. The topological polar surface area (TPSA) is 146 Å². The van der Waals surface area contributed by atoms with E-state index in [1.54, 1.807) is 22.8 Å². The number of nitrogens with zero attached hydrogens (tertiary/aromatic N) is 7. The summed E-state index contributed by atoms with van der Waals surface area (Å²) in [6.07, 6.45) is 6.35. The summed E-state index contributed by atoms with van der Waals surface area (Å²) >= 11 is 6.48. The van der Waals surface area contributed by atoms with Crippen molar-refractivity contribution in [3.8, 4) is 6.07 Å².